The third-order valence-corrected chi connectivity index (χ3v) is 5.35. The van der Waals surface area contributed by atoms with Gasteiger partial charge in [-0.15, -0.1) is 0 Å². The van der Waals surface area contributed by atoms with Crippen molar-refractivity contribution in [2.24, 2.45) is 12.1 Å². The van der Waals surface area contributed by atoms with Crippen LogP contribution in [0.2, 0.25) is 0 Å². The summed E-state index contributed by atoms with van der Waals surface area (Å²) in [5.74, 6) is 0.184. The van der Waals surface area contributed by atoms with Crippen LogP contribution in [0.25, 0.3) is 11.2 Å². The molecule has 29 heavy (non-hydrogen) atoms. The first-order valence-corrected chi connectivity index (χ1v) is 9.62. The fourth-order valence-electron chi connectivity index (χ4n) is 3.67. The average molecular weight is 398 g/mol. The van der Waals surface area contributed by atoms with Crippen LogP contribution in [0.15, 0.2) is 39.0 Å². The topological polar surface area (TPSA) is 77.4 Å². The minimum Gasteiger partial charge on any atom is -0.294 e. The summed E-state index contributed by atoms with van der Waals surface area (Å²) < 4.78 is 17.8. The Kier molecular flexibility index (Phi) is 4.60. The van der Waals surface area contributed by atoms with Gasteiger partial charge in [0.25, 0.3) is 5.56 Å². The smallest absolute Gasteiger partial charge is 0.294 e. The summed E-state index contributed by atoms with van der Waals surface area (Å²) in [5.41, 5.74) is 1.68. The van der Waals surface area contributed by atoms with Gasteiger partial charge in [-0.1, -0.05) is 19.1 Å². The molecule has 4 rings (SSSR count). The van der Waals surface area contributed by atoms with Gasteiger partial charge in [0.05, 0.1) is 18.3 Å². The Hall–Kier alpha value is -3.23. The van der Waals surface area contributed by atoms with Crippen molar-refractivity contribution in [1.82, 2.24) is 18.7 Å². The van der Waals surface area contributed by atoms with Gasteiger partial charge in [-0.05, 0) is 38.0 Å². The number of hydrogen-bond donors (Lipinski definition) is 0. The molecule has 0 spiro atoms. The zero-order valence-electron chi connectivity index (χ0n) is 16.9. The number of anilines is 1. The van der Waals surface area contributed by atoms with Gasteiger partial charge in [-0.3, -0.25) is 18.5 Å². The van der Waals surface area contributed by atoms with Gasteiger partial charge < -0.3 is 0 Å². The fourth-order valence-corrected chi connectivity index (χ4v) is 3.67. The highest BCUT2D eigenvalue weighted by atomic mass is 19.1. The molecule has 152 valence electrons. The largest absolute Gasteiger partial charge is 0.332 e. The molecule has 3 aromatic rings. The third-order valence-electron chi connectivity index (χ3n) is 5.35. The standard InChI is InChI=1S/C20H23FN6O2/c1-5-10-25-18(28)16-17(24(4)20(25)29)22-19-26(23-12(2)13(3)27(16)19)11-14-6-8-15(21)9-7-14/h6-9,13H,5,10-11H2,1-4H3/t13-/m0/s1. The molecule has 9 heteroatoms. The van der Waals surface area contributed by atoms with E-state index < -0.39 is 0 Å². The van der Waals surface area contributed by atoms with E-state index in [9.17, 15) is 14.0 Å². The van der Waals surface area contributed by atoms with Gasteiger partial charge in [0.1, 0.15) is 5.82 Å². The van der Waals surface area contributed by atoms with Crippen molar-refractivity contribution >= 4 is 22.8 Å². The molecule has 2 aromatic heterocycles. The number of imidazole rings is 1. The summed E-state index contributed by atoms with van der Waals surface area (Å²) in [6, 6.07) is 5.99. The minimum absolute atomic E-state index is 0.181. The summed E-state index contributed by atoms with van der Waals surface area (Å²) >= 11 is 0. The number of aryl methyl sites for hydroxylation is 1. The molecular weight excluding hydrogens is 375 g/mol. The van der Waals surface area contributed by atoms with Gasteiger partial charge >= 0.3 is 5.69 Å². The first kappa shape index (κ1) is 19.1. The van der Waals surface area contributed by atoms with Gasteiger partial charge in [-0.2, -0.15) is 10.1 Å². The number of hydrazone groups is 1. The van der Waals surface area contributed by atoms with Crippen molar-refractivity contribution in [3.05, 3.63) is 56.5 Å². The van der Waals surface area contributed by atoms with Crippen molar-refractivity contribution in [1.29, 1.82) is 0 Å². The second-order valence-electron chi connectivity index (χ2n) is 7.35. The summed E-state index contributed by atoms with van der Waals surface area (Å²) in [4.78, 5) is 30.4. The monoisotopic (exact) mass is 398 g/mol. The lowest BCUT2D eigenvalue weighted by Gasteiger charge is -2.29. The van der Waals surface area contributed by atoms with Crippen LogP contribution in [0.3, 0.4) is 0 Å². The molecule has 3 heterocycles. The molecule has 0 aliphatic carbocycles. The lowest BCUT2D eigenvalue weighted by atomic mass is 10.2. The molecule has 0 radical (unpaired) electrons. The number of fused-ring (bicyclic) bond motifs is 3. The van der Waals surface area contributed by atoms with Crippen LogP contribution in [0.1, 0.15) is 38.8 Å². The molecule has 0 amide bonds. The van der Waals surface area contributed by atoms with E-state index in [4.69, 9.17) is 0 Å². The van der Waals surface area contributed by atoms with Crippen molar-refractivity contribution in [3.63, 3.8) is 0 Å². The van der Waals surface area contributed by atoms with E-state index in [-0.39, 0.29) is 23.1 Å². The molecule has 1 aromatic carbocycles. The maximum absolute atomic E-state index is 13.3. The van der Waals surface area contributed by atoms with Crippen molar-refractivity contribution in [3.8, 4) is 0 Å². The molecule has 1 aliphatic heterocycles. The van der Waals surface area contributed by atoms with Crippen molar-refractivity contribution in [2.45, 2.75) is 46.3 Å². The SMILES string of the molecule is CCCn1c(=O)c2c(nc3n2[C@@H](C)C(C)=NN3Cc2ccc(F)cc2)n(C)c1=O. The zero-order valence-corrected chi connectivity index (χ0v) is 16.9. The summed E-state index contributed by atoms with van der Waals surface area (Å²) in [7, 11) is 1.62. The minimum atomic E-state index is -0.379. The first-order valence-electron chi connectivity index (χ1n) is 9.62. The van der Waals surface area contributed by atoms with Crippen LogP contribution >= 0.6 is 0 Å². The van der Waals surface area contributed by atoms with Gasteiger partial charge in [0.2, 0.25) is 5.95 Å². The molecule has 0 N–H and O–H groups in total. The fraction of sp³-hybridized carbons (Fsp3) is 0.400. The first-order chi connectivity index (χ1) is 13.8. The van der Waals surface area contributed by atoms with E-state index in [0.717, 1.165) is 11.3 Å². The van der Waals surface area contributed by atoms with Crippen LogP contribution in [-0.2, 0) is 20.1 Å². The Labute approximate surface area is 166 Å². The third kappa shape index (κ3) is 2.97. The molecule has 0 saturated carbocycles. The highest BCUT2D eigenvalue weighted by Gasteiger charge is 2.30. The van der Waals surface area contributed by atoms with E-state index in [0.29, 0.717) is 36.6 Å². The van der Waals surface area contributed by atoms with Crippen molar-refractivity contribution < 1.29 is 4.39 Å². The van der Waals surface area contributed by atoms with Crippen molar-refractivity contribution in [2.75, 3.05) is 5.01 Å². The summed E-state index contributed by atoms with van der Waals surface area (Å²) in [5, 5.41) is 6.33. The lowest BCUT2D eigenvalue weighted by Crippen LogP contribution is -2.40. The Morgan fingerprint density at radius 1 is 1.17 bits per heavy atom. The Balaban J connectivity index is 1.94. The van der Waals surface area contributed by atoms with Gasteiger partial charge in [0, 0.05) is 13.6 Å². The predicted octanol–water partition coefficient (Wildman–Crippen LogP) is 2.40. The second kappa shape index (κ2) is 6.98. The highest BCUT2D eigenvalue weighted by Crippen LogP contribution is 2.30. The van der Waals surface area contributed by atoms with E-state index in [1.807, 2.05) is 25.3 Å². The maximum Gasteiger partial charge on any atom is 0.332 e. The number of rotatable bonds is 4. The van der Waals surface area contributed by atoms with Crippen LogP contribution in [-0.4, -0.2) is 24.4 Å². The van der Waals surface area contributed by atoms with E-state index in [1.165, 1.54) is 21.3 Å². The average Bonchev–Trinajstić information content (AvgIpc) is 3.10. The predicted molar refractivity (Wildman–Crippen MR) is 110 cm³/mol. The molecule has 0 bridgehead atoms. The number of aromatic nitrogens is 4. The van der Waals surface area contributed by atoms with Crippen LogP contribution in [0, 0.1) is 5.82 Å². The molecule has 8 nitrogen and oxygen atoms in total. The number of benzene rings is 1. The molecule has 0 saturated heterocycles. The maximum atomic E-state index is 13.3. The van der Waals surface area contributed by atoms with Crippen LogP contribution < -0.4 is 16.3 Å². The molecule has 1 atom stereocenters. The van der Waals surface area contributed by atoms with Gasteiger partial charge in [-0.25, -0.2) is 14.2 Å². The Bertz CT molecular complexity index is 1240. The molecular formula is C20H23FN6O2. The van der Waals surface area contributed by atoms with Gasteiger partial charge in [0.15, 0.2) is 11.2 Å². The summed E-state index contributed by atoms with van der Waals surface area (Å²) in [6.45, 7) is 6.48. The van der Waals surface area contributed by atoms with E-state index in [1.54, 1.807) is 24.2 Å². The van der Waals surface area contributed by atoms with E-state index in [2.05, 4.69) is 10.1 Å². The quantitative estimate of drug-likeness (QED) is 0.676. The molecule has 0 unspecified atom stereocenters. The Morgan fingerprint density at radius 3 is 2.52 bits per heavy atom. The number of nitrogens with zero attached hydrogens (tertiary/aromatic N) is 6. The molecule has 0 fully saturated rings. The molecule has 1 aliphatic rings. The van der Waals surface area contributed by atoms with Crippen LogP contribution in [0.4, 0.5) is 10.3 Å². The number of halogens is 1. The van der Waals surface area contributed by atoms with Crippen LogP contribution in [0.5, 0.6) is 0 Å². The second-order valence-corrected chi connectivity index (χ2v) is 7.35. The normalized spacial score (nSPS) is 16.2. The Morgan fingerprint density at radius 2 is 1.86 bits per heavy atom. The highest BCUT2D eigenvalue weighted by molar-refractivity contribution is 5.91. The lowest BCUT2D eigenvalue weighted by molar-refractivity contribution is 0.586. The zero-order chi connectivity index (χ0) is 20.9. The number of hydrogen-bond acceptors (Lipinski definition) is 5. The van der Waals surface area contributed by atoms with E-state index >= 15 is 0 Å². The summed E-state index contributed by atoms with van der Waals surface area (Å²) in [6.07, 6.45) is 0.675.